The second-order valence-electron chi connectivity index (χ2n) is 4.69. The van der Waals surface area contributed by atoms with Crippen LogP contribution < -0.4 is 5.73 Å². The quantitative estimate of drug-likeness (QED) is 0.635. The Morgan fingerprint density at radius 1 is 1.36 bits per heavy atom. The van der Waals surface area contributed by atoms with Gasteiger partial charge in [0.15, 0.2) is 0 Å². The van der Waals surface area contributed by atoms with Crippen LogP contribution in [-0.2, 0) is 0 Å². The maximum atomic E-state index is 6.14. The van der Waals surface area contributed by atoms with E-state index in [-0.39, 0.29) is 0 Å². The van der Waals surface area contributed by atoms with Crippen LogP contribution in [0.4, 0.5) is 0 Å². The van der Waals surface area contributed by atoms with Gasteiger partial charge in [0.05, 0.1) is 0 Å². The average molecular weight is 190 g/mol. The Hall–Kier alpha value is -0.920. The minimum absolute atomic E-state index is 0.741. The third kappa shape index (κ3) is 1.09. The molecule has 1 fully saturated rings. The molecule has 0 aromatic heterocycles. The molecule has 0 bridgehead atoms. The normalized spacial score (nSPS) is 31.3. The van der Waals surface area contributed by atoms with Gasteiger partial charge in [0.2, 0.25) is 0 Å². The highest BCUT2D eigenvalue weighted by atomic mass is 15.2. The van der Waals surface area contributed by atoms with Gasteiger partial charge in [0.25, 0.3) is 0 Å². The fourth-order valence-corrected chi connectivity index (χ4v) is 3.14. The van der Waals surface area contributed by atoms with Gasteiger partial charge in [0, 0.05) is 29.6 Å². The lowest BCUT2D eigenvalue weighted by Gasteiger charge is -2.38. The summed E-state index contributed by atoms with van der Waals surface area (Å²) in [5.74, 6) is 0.741. The van der Waals surface area contributed by atoms with Crippen molar-refractivity contribution in [3.05, 3.63) is 23.2 Å². The lowest BCUT2D eigenvalue weighted by molar-refractivity contribution is 0.334. The first-order valence-corrected chi connectivity index (χ1v) is 5.81. The summed E-state index contributed by atoms with van der Waals surface area (Å²) in [7, 11) is 0. The van der Waals surface area contributed by atoms with Crippen LogP contribution in [0.15, 0.2) is 23.2 Å². The van der Waals surface area contributed by atoms with Crippen LogP contribution in [0.25, 0.3) is 0 Å². The summed E-state index contributed by atoms with van der Waals surface area (Å²) >= 11 is 0. The molecule has 1 saturated heterocycles. The zero-order chi connectivity index (χ0) is 9.54. The van der Waals surface area contributed by atoms with E-state index in [0.717, 1.165) is 12.3 Å². The van der Waals surface area contributed by atoms with Crippen molar-refractivity contribution in [2.75, 3.05) is 6.54 Å². The van der Waals surface area contributed by atoms with Crippen molar-refractivity contribution in [1.29, 1.82) is 0 Å². The van der Waals surface area contributed by atoms with Crippen LogP contribution in [0.1, 0.15) is 38.5 Å². The molecule has 2 N–H and O–H groups in total. The molecule has 0 amide bonds. The predicted octanol–water partition coefficient (Wildman–Crippen LogP) is 2.34. The molecule has 2 heterocycles. The van der Waals surface area contributed by atoms with E-state index in [1.807, 2.05) is 0 Å². The van der Waals surface area contributed by atoms with E-state index in [0.29, 0.717) is 0 Å². The Balaban J connectivity index is 2.01. The van der Waals surface area contributed by atoms with Crippen LogP contribution in [0.3, 0.4) is 0 Å². The second-order valence-corrected chi connectivity index (χ2v) is 4.69. The van der Waals surface area contributed by atoms with Crippen molar-refractivity contribution < 1.29 is 0 Å². The molecule has 0 spiro atoms. The molecule has 0 saturated carbocycles. The second kappa shape index (κ2) is 3.04. The number of fused-ring (bicyclic) bond motifs is 3. The van der Waals surface area contributed by atoms with Crippen LogP contribution in [0.5, 0.6) is 0 Å². The van der Waals surface area contributed by atoms with Crippen molar-refractivity contribution in [3.8, 4) is 0 Å². The molecule has 0 unspecified atom stereocenters. The Kier molecular flexibility index (Phi) is 1.82. The van der Waals surface area contributed by atoms with Crippen molar-refractivity contribution in [2.45, 2.75) is 38.5 Å². The van der Waals surface area contributed by atoms with Crippen molar-refractivity contribution in [1.82, 2.24) is 4.90 Å². The molecular weight excluding hydrogens is 172 g/mol. The number of hydrogen-bond donors (Lipinski definition) is 1. The fraction of sp³-hybridized carbons (Fsp3) is 0.667. The van der Waals surface area contributed by atoms with Crippen molar-refractivity contribution in [3.63, 3.8) is 0 Å². The van der Waals surface area contributed by atoms with Gasteiger partial charge in [-0.25, -0.2) is 0 Å². The van der Waals surface area contributed by atoms with Gasteiger partial charge < -0.3 is 10.6 Å². The topological polar surface area (TPSA) is 29.3 Å². The lowest BCUT2D eigenvalue weighted by Crippen LogP contribution is -2.32. The predicted molar refractivity (Wildman–Crippen MR) is 57.2 cm³/mol. The van der Waals surface area contributed by atoms with Crippen LogP contribution >= 0.6 is 0 Å². The van der Waals surface area contributed by atoms with E-state index in [1.54, 1.807) is 5.70 Å². The Morgan fingerprint density at radius 3 is 3.21 bits per heavy atom. The molecule has 2 nitrogen and oxygen atoms in total. The molecule has 3 aliphatic rings. The molecule has 0 radical (unpaired) electrons. The van der Waals surface area contributed by atoms with E-state index in [4.69, 9.17) is 5.73 Å². The largest absolute Gasteiger partial charge is 0.401 e. The first-order valence-electron chi connectivity index (χ1n) is 5.81. The molecule has 2 aliphatic heterocycles. The maximum absolute atomic E-state index is 6.14. The van der Waals surface area contributed by atoms with Gasteiger partial charge in [-0.1, -0.05) is 6.08 Å². The first-order chi connectivity index (χ1) is 6.86. The monoisotopic (exact) mass is 190 g/mol. The van der Waals surface area contributed by atoms with E-state index < -0.39 is 0 Å². The molecule has 1 aliphatic carbocycles. The van der Waals surface area contributed by atoms with E-state index >= 15 is 0 Å². The highest BCUT2D eigenvalue weighted by Crippen LogP contribution is 2.42. The van der Waals surface area contributed by atoms with Gasteiger partial charge in [-0.3, -0.25) is 0 Å². The maximum Gasteiger partial charge on any atom is 0.0366 e. The molecule has 76 valence electrons. The number of nitrogens with two attached hydrogens (primary N) is 1. The van der Waals surface area contributed by atoms with E-state index in [1.165, 1.54) is 50.0 Å². The van der Waals surface area contributed by atoms with Gasteiger partial charge in [-0.15, -0.1) is 0 Å². The zero-order valence-electron chi connectivity index (χ0n) is 8.63. The van der Waals surface area contributed by atoms with E-state index in [2.05, 4.69) is 11.0 Å². The highest BCUT2D eigenvalue weighted by Gasteiger charge is 2.33. The van der Waals surface area contributed by atoms with Gasteiger partial charge in [0.1, 0.15) is 0 Å². The zero-order valence-corrected chi connectivity index (χ0v) is 8.63. The van der Waals surface area contributed by atoms with Crippen LogP contribution in [-0.4, -0.2) is 11.4 Å². The Bertz CT molecular complexity index is 314. The van der Waals surface area contributed by atoms with Gasteiger partial charge >= 0.3 is 0 Å². The Labute approximate surface area is 85.5 Å². The molecule has 1 atom stereocenters. The summed E-state index contributed by atoms with van der Waals surface area (Å²) in [5, 5.41) is 0. The molecule has 0 aromatic carbocycles. The third-order valence-electron chi connectivity index (χ3n) is 3.80. The van der Waals surface area contributed by atoms with Gasteiger partial charge in [-0.05, 0) is 38.5 Å². The smallest absolute Gasteiger partial charge is 0.0366 e. The fourth-order valence-electron chi connectivity index (χ4n) is 3.14. The number of hydrogen-bond acceptors (Lipinski definition) is 2. The SMILES string of the molecule is NC1=C2CCCN2C2=CCCC[C@H]2C1. The number of allylic oxidation sites excluding steroid dienone is 4. The minimum atomic E-state index is 0.741. The summed E-state index contributed by atoms with van der Waals surface area (Å²) in [5.41, 5.74) is 10.3. The number of rotatable bonds is 0. The lowest BCUT2D eigenvalue weighted by atomic mass is 9.85. The van der Waals surface area contributed by atoms with Gasteiger partial charge in [-0.2, -0.15) is 0 Å². The van der Waals surface area contributed by atoms with Crippen LogP contribution in [0, 0.1) is 5.92 Å². The highest BCUT2D eigenvalue weighted by molar-refractivity contribution is 5.29. The molecule has 0 aromatic rings. The van der Waals surface area contributed by atoms with E-state index in [9.17, 15) is 0 Å². The van der Waals surface area contributed by atoms with Crippen LogP contribution in [0.2, 0.25) is 0 Å². The standard InChI is InChI=1S/C12H18N2/c13-10-8-9-4-1-2-5-11(9)14-7-3-6-12(10)14/h5,9H,1-4,6-8,13H2/t9-/m0/s1. The summed E-state index contributed by atoms with van der Waals surface area (Å²) in [6.45, 7) is 1.21. The summed E-state index contributed by atoms with van der Waals surface area (Å²) in [6.07, 6.45) is 10.0. The molecule has 2 heteroatoms. The summed E-state index contributed by atoms with van der Waals surface area (Å²) in [6, 6.07) is 0. The van der Waals surface area contributed by atoms with Crippen molar-refractivity contribution >= 4 is 0 Å². The molecule has 14 heavy (non-hydrogen) atoms. The van der Waals surface area contributed by atoms with Crippen molar-refractivity contribution in [2.24, 2.45) is 11.7 Å². The summed E-state index contributed by atoms with van der Waals surface area (Å²) in [4.78, 5) is 2.50. The summed E-state index contributed by atoms with van der Waals surface area (Å²) < 4.78 is 0. The molecule has 3 rings (SSSR count). The minimum Gasteiger partial charge on any atom is -0.401 e. The third-order valence-corrected chi connectivity index (χ3v) is 3.80. The average Bonchev–Trinajstić information content (AvgIpc) is 2.67. The molecular formula is C12H18N2. The number of nitrogens with zero attached hydrogens (tertiary/aromatic N) is 1. The first kappa shape index (κ1) is 8.39. The Morgan fingerprint density at radius 2 is 2.29 bits per heavy atom.